The fraction of sp³-hybridized carbons (Fsp3) is 0.938. The molecular weight excluding hydrogens is 389 g/mol. The molecule has 1 heterocycles. The highest BCUT2D eigenvalue weighted by molar-refractivity contribution is 14.0. The van der Waals surface area contributed by atoms with E-state index in [0.29, 0.717) is 11.9 Å². The van der Waals surface area contributed by atoms with E-state index in [1.165, 1.54) is 45.7 Å². The largest absolute Gasteiger partial charge is 0.370 e. The average Bonchev–Trinajstić information content (AvgIpc) is 2.47. The fourth-order valence-corrected chi connectivity index (χ4v) is 2.52. The summed E-state index contributed by atoms with van der Waals surface area (Å²) in [6, 6.07) is 0. The highest BCUT2D eigenvalue weighted by Gasteiger charge is 2.14. The maximum Gasteiger partial charge on any atom is 0.188 e. The van der Waals surface area contributed by atoms with Gasteiger partial charge in [-0.1, -0.05) is 20.8 Å². The predicted octanol–water partition coefficient (Wildman–Crippen LogP) is 1.97. The Labute approximate surface area is 154 Å². The number of likely N-dealkylation sites (N-methyl/N-ethyl adjacent to an activating group) is 1. The number of nitrogens with two attached hydrogens (primary N) is 1. The van der Waals surface area contributed by atoms with E-state index < -0.39 is 0 Å². The highest BCUT2D eigenvalue weighted by atomic mass is 127. The number of nitrogens with zero attached hydrogens (tertiary/aromatic N) is 3. The van der Waals surface area contributed by atoms with Gasteiger partial charge >= 0.3 is 0 Å². The third kappa shape index (κ3) is 10.6. The smallest absolute Gasteiger partial charge is 0.188 e. The minimum atomic E-state index is 0. The molecule has 1 aliphatic heterocycles. The molecule has 0 aromatic rings. The lowest BCUT2D eigenvalue weighted by Crippen LogP contribution is -2.46. The molecule has 0 bridgehead atoms. The summed E-state index contributed by atoms with van der Waals surface area (Å²) < 4.78 is 0. The van der Waals surface area contributed by atoms with Crippen LogP contribution in [-0.4, -0.2) is 68.1 Å². The van der Waals surface area contributed by atoms with E-state index in [1.807, 2.05) is 0 Å². The van der Waals surface area contributed by atoms with E-state index >= 15 is 0 Å². The predicted molar refractivity (Wildman–Crippen MR) is 107 cm³/mol. The van der Waals surface area contributed by atoms with Crippen LogP contribution in [0, 0.1) is 5.92 Å². The van der Waals surface area contributed by atoms with Crippen LogP contribution in [0.25, 0.3) is 0 Å². The number of halogens is 1. The third-order valence-electron chi connectivity index (χ3n) is 4.10. The summed E-state index contributed by atoms with van der Waals surface area (Å²) in [5, 5.41) is 3.18. The molecule has 1 aliphatic rings. The Kier molecular flexibility index (Phi) is 13.3. The van der Waals surface area contributed by atoms with Crippen molar-refractivity contribution in [3.05, 3.63) is 0 Å². The maximum absolute atomic E-state index is 5.84. The van der Waals surface area contributed by atoms with Gasteiger partial charge < -0.3 is 20.9 Å². The number of piperazine rings is 1. The number of rotatable bonds is 9. The normalized spacial score (nSPS) is 17.5. The van der Waals surface area contributed by atoms with Gasteiger partial charge in [-0.3, -0.25) is 4.99 Å². The number of nitrogens with one attached hydrogen (secondary N) is 1. The summed E-state index contributed by atoms with van der Waals surface area (Å²) in [7, 11) is 0. The third-order valence-corrected chi connectivity index (χ3v) is 4.10. The van der Waals surface area contributed by atoms with Gasteiger partial charge in [-0.05, 0) is 38.3 Å². The maximum atomic E-state index is 5.84. The molecule has 3 N–H and O–H groups in total. The molecule has 0 amide bonds. The van der Waals surface area contributed by atoms with Gasteiger partial charge in [0.05, 0.1) is 0 Å². The van der Waals surface area contributed by atoms with Crippen molar-refractivity contribution in [1.29, 1.82) is 0 Å². The van der Waals surface area contributed by atoms with E-state index in [4.69, 9.17) is 5.73 Å². The molecule has 0 aliphatic carbocycles. The van der Waals surface area contributed by atoms with Gasteiger partial charge in [-0.2, -0.15) is 0 Å². The number of guanidine groups is 1. The molecule has 0 radical (unpaired) electrons. The van der Waals surface area contributed by atoms with Crippen molar-refractivity contribution in [2.24, 2.45) is 16.6 Å². The van der Waals surface area contributed by atoms with Gasteiger partial charge in [0.25, 0.3) is 0 Å². The first kappa shape index (κ1) is 21.9. The van der Waals surface area contributed by atoms with E-state index in [2.05, 4.69) is 40.9 Å². The van der Waals surface area contributed by atoms with Crippen LogP contribution in [0.2, 0.25) is 0 Å². The van der Waals surface area contributed by atoms with Crippen LogP contribution in [0.15, 0.2) is 4.99 Å². The van der Waals surface area contributed by atoms with Crippen LogP contribution in [0.1, 0.15) is 40.0 Å². The molecule has 0 atom stereocenters. The molecule has 6 heteroatoms. The molecule has 0 spiro atoms. The molecule has 1 fully saturated rings. The molecule has 0 aromatic carbocycles. The zero-order chi connectivity index (χ0) is 15.5. The Balaban J connectivity index is 0.00000441. The lowest BCUT2D eigenvalue weighted by atomic mass is 10.1. The standard InChI is InChI=1S/C16H35N5.HI/c1-4-20-11-13-21(14-12-20)10-6-5-8-18-16(17)19-9-7-15(2)3;/h15H,4-14H2,1-3H3,(H3,17,18,19);1H. The van der Waals surface area contributed by atoms with Crippen molar-refractivity contribution < 1.29 is 0 Å². The highest BCUT2D eigenvalue weighted by Crippen LogP contribution is 2.03. The van der Waals surface area contributed by atoms with Crippen LogP contribution in [0.3, 0.4) is 0 Å². The van der Waals surface area contributed by atoms with Crippen molar-refractivity contribution >= 4 is 29.9 Å². The molecule has 0 unspecified atom stereocenters. The first-order valence-electron chi connectivity index (χ1n) is 8.60. The minimum Gasteiger partial charge on any atom is -0.370 e. The van der Waals surface area contributed by atoms with Gasteiger partial charge in [0.2, 0.25) is 0 Å². The second kappa shape index (κ2) is 13.4. The Morgan fingerprint density at radius 2 is 1.77 bits per heavy atom. The molecule has 5 nitrogen and oxygen atoms in total. The Bertz CT molecular complexity index is 288. The first-order chi connectivity index (χ1) is 10.1. The zero-order valence-electron chi connectivity index (χ0n) is 14.7. The van der Waals surface area contributed by atoms with Crippen LogP contribution >= 0.6 is 24.0 Å². The monoisotopic (exact) mass is 425 g/mol. The Morgan fingerprint density at radius 3 is 2.36 bits per heavy atom. The quantitative estimate of drug-likeness (QED) is 0.257. The van der Waals surface area contributed by atoms with Gasteiger partial charge in [-0.25, -0.2) is 0 Å². The Hall–Kier alpha value is -0.0800. The van der Waals surface area contributed by atoms with E-state index in [9.17, 15) is 0 Å². The zero-order valence-corrected chi connectivity index (χ0v) is 17.0. The topological polar surface area (TPSA) is 56.9 Å². The summed E-state index contributed by atoms with van der Waals surface area (Å²) in [4.78, 5) is 9.47. The summed E-state index contributed by atoms with van der Waals surface area (Å²) in [5.41, 5.74) is 5.84. The van der Waals surface area contributed by atoms with Gasteiger partial charge in [0.1, 0.15) is 0 Å². The lowest BCUT2D eigenvalue weighted by Gasteiger charge is -2.33. The van der Waals surface area contributed by atoms with Crippen molar-refractivity contribution in [1.82, 2.24) is 15.1 Å². The lowest BCUT2D eigenvalue weighted by molar-refractivity contribution is 0.136. The van der Waals surface area contributed by atoms with Gasteiger partial charge in [0, 0.05) is 39.3 Å². The van der Waals surface area contributed by atoms with E-state index in [0.717, 1.165) is 25.9 Å². The number of hydrogen-bond acceptors (Lipinski definition) is 3. The summed E-state index contributed by atoms with van der Waals surface area (Å²) >= 11 is 0. The van der Waals surface area contributed by atoms with Crippen molar-refractivity contribution in [2.75, 3.05) is 52.4 Å². The van der Waals surface area contributed by atoms with Crippen LogP contribution < -0.4 is 11.1 Å². The Morgan fingerprint density at radius 1 is 1.14 bits per heavy atom. The second-order valence-corrected chi connectivity index (χ2v) is 6.36. The number of aliphatic imine (C=N–C) groups is 1. The average molecular weight is 425 g/mol. The van der Waals surface area contributed by atoms with Crippen molar-refractivity contribution in [3.8, 4) is 0 Å². The molecular formula is C16H36IN5. The van der Waals surface area contributed by atoms with Crippen molar-refractivity contribution in [3.63, 3.8) is 0 Å². The number of hydrogen-bond donors (Lipinski definition) is 2. The SMILES string of the molecule is CCN1CCN(CCCCN=C(N)NCCC(C)C)CC1.I. The van der Waals surface area contributed by atoms with Gasteiger partial charge in [0.15, 0.2) is 5.96 Å². The second-order valence-electron chi connectivity index (χ2n) is 6.36. The van der Waals surface area contributed by atoms with E-state index in [1.54, 1.807) is 0 Å². The molecule has 22 heavy (non-hydrogen) atoms. The van der Waals surface area contributed by atoms with Crippen LogP contribution in [0.4, 0.5) is 0 Å². The molecule has 0 aromatic heterocycles. The first-order valence-corrected chi connectivity index (χ1v) is 8.60. The summed E-state index contributed by atoms with van der Waals surface area (Å²) in [6.07, 6.45) is 3.48. The number of unbranched alkanes of at least 4 members (excludes halogenated alkanes) is 1. The summed E-state index contributed by atoms with van der Waals surface area (Å²) in [6.45, 7) is 15.7. The minimum absolute atomic E-state index is 0. The van der Waals surface area contributed by atoms with Crippen LogP contribution in [-0.2, 0) is 0 Å². The fourth-order valence-electron chi connectivity index (χ4n) is 2.52. The molecule has 0 saturated carbocycles. The van der Waals surface area contributed by atoms with Crippen LogP contribution in [0.5, 0.6) is 0 Å². The summed E-state index contributed by atoms with van der Waals surface area (Å²) in [5.74, 6) is 1.31. The molecule has 1 rings (SSSR count). The molecule has 132 valence electrons. The van der Waals surface area contributed by atoms with Crippen molar-refractivity contribution in [2.45, 2.75) is 40.0 Å². The van der Waals surface area contributed by atoms with E-state index in [-0.39, 0.29) is 24.0 Å². The molecule has 1 saturated heterocycles. The van der Waals surface area contributed by atoms with Gasteiger partial charge in [-0.15, -0.1) is 24.0 Å².